The lowest BCUT2D eigenvalue weighted by Gasteiger charge is -2.45. The summed E-state index contributed by atoms with van der Waals surface area (Å²) in [5.74, 6) is -6.27. The zero-order valence-electron chi connectivity index (χ0n) is 12.2. The van der Waals surface area contributed by atoms with Gasteiger partial charge >= 0.3 is 5.97 Å². The van der Waals surface area contributed by atoms with Crippen molar-refractivity contribution in [3.05, 3.63) is 0 Å². The Morgan fingerprint density at radius 3 is 2.35 bits per heavy atom. The summed E-state index contributed by atoms with van der Waals surface area (Å²) in [5.41, 5.74) is 5.10. The third kappa shape index (κ3) is 4.54. The van der Waals surface area contributed by atoms with Crippen molar-refractivity contribution < 1.29 is 43.5 Å². The lowest BCUT2D eigenvalue weighted by atomic mass is 9.87. The van der Waals surface area contributed by atoms with Crippen LogP contribution < -0.4 is 11.1 Å². The van der Waals surface area contributed by atoms with Crippen molar-refractivity contribution in [1.82, 2.24) is 5.32 Å². The fourth-order valence-corrected chi connectivity index (χ4v) is 2.37. The average molecular weight is 342 g/mol. The number of carbonyl (C=O) groups is 2. The minimum absolute atomic E-state index is 0.768. The molecule has 1 rings (SSSR count). The van der Waals surface area contributed by atoms with Gasteiger partial charge in [-0.2, -0.15) is 0 Å². The summed E-state index contributed by atoms with van der Waals surface area (Å²) in [6, 6.07) is -3.61. The van der Waals surface area contributed by atoms with Crippen molar-refractivity contribution in [3.63, 3.8) is 0 Å². The molecule has 0 saturated carbocycles. The molecule has 7 N–H and O–H groups in total. The van der Waals surface area contributed by atoms with Gasteiger partial charge in [-0.1, -0.05) is 0 Å². The van der Waals surface area contributed by atoms with E-state index in [2.05, 4.69) is 0 Å². The van der Waals surface area contributed by atoms with Crippen molar-refractivity contribution in [2.75, 3.05) is 6.61 Å². The monoisotopic (exact) mass is 342 g/mol. The molecule has 11 heteroatoms. The van der Waals surface area contributed by atoms with Gasteiger partial charge in [0.05, 0.1) is 12.6 Å². The Bertz CT molecular complexity index is 451. The maximum absolute atomic E-state index is 14.3. The molecule has 0 spiro atoms. The largest absolute Gasteiger partial charge is 0.480 e. The van der Waals surface area contributed by atoms with E-state index < -0.39 is 67.3 Å². The number of carboxylic acid groups (broad SMARTS) is 1. The van der Waals surface area contributed by atoms with E-state index in [0.717, 1.165) is 6.92 Å². The van der Waals surface area contributed by atoms with Crippen LogP contribution in [-0.4, -0.2) is 81.3 Å². The van der Waals surface area contributed by atoms with Crippen LogP contribution in [0.1, 0.15) is 13.3 Å². The number of nitrogens with one attached hydrogen (secondary N) is 1. The molecule has 1 aliphatic heterocycles. The van der Waals surface area contributed by atoms with Crippen molar-refractivity contribution in [2.45, 2.75) is 55.8 Å². The van der Waals surface area contributed by atoms with E-state index in [-0.39, 0.29) is 0 Å². The van der Waals surface area contributed by atoms with Gasteiger partial charge in [0, 0.05) is 13.3 Å². The summed E-state index contributed by atoms with van der Waals surface area (Å²) in [4.78, 5) is 21.8. The molecule has 1 saturated heterocycles. The Hall–Kier alpha value is -1.40. The second kappa shape index (κ2) is 7.45. The second-order valence-corrected chi connectivity index (χ2v) is 5.40. The minimum atomic E-state index is -3.85. The van der Waals surface area contributed by atoms with Gasteiger partial charge < -0.3 is 36.2 Å². The average Bonchev–Trinajstić information content (AvgIpc) is 2.43. The van der Waals surface area contributed by atoms with Gasteiger partial charge in [-0.3, -0.25) is 9.59 Å². The van der Waals surface area contributed by atoms with E-state index in [9.17, 15) is 28.6 Å². The predicted octanol–water partition coefficient (Wildman–Crippen LogP) is -2.59. The van der Waals surface area contributed by atoms with Crippen LogP contribution in [0.2, 0.25) is 0 Å². The molecule has 0 radical (unpaired) electrons. The van der Waals surface area contributed by atoms with Crippen molar-refractivity contribution in [3.8, 4) is 0 Å². The first-order valence-corrected chi connectivity index (χ1v) is 6.77. The molecule has 1 aliphatic rings. The Morgan fingerprint density at radius 1 is 1.35 bits per heavy atom. The molecular formula is C12H20F2N2O7. The predicted molar refractivity (Wildman–Crippen MR) is 70.5 cm³/mol. The molecule has 1 amide bonds. The third-order valence-corrected chi connectivity index (χ3v) is 3.52. The highest BCUT2D eigenvalue weighted by Crippen LogP contribution is 2.35. The highest BCUT2D eigenvalue weighted by molar-refractivity contribution is 5.74. The molecule has 23 heavy (non-hydrogen) atoms. The first kappa shape index (κ1) is 19.6. The number of carboxylic acids is 1. The van der Waals surface area contributed by atoms with Gasteiger partial charge in [0.15, 0.2) is 0 Å². The highest BCUT2D eigenvalue weighted by Gasteiger charge is 2.55. The molecular weight excluding hydrogens is 322 g/mol. The van der Waals surface area contributed by atoms with Gasteiger partial charge in [-0.05, 0) is 0 Å². The molecule has 6 atom stereocenters. The number of amides is 1. The van der Waals surface area contributed by atoms with E-state index in [0.29, 0.717) is 0 Å². The van der Waals surface area contributed by atoms with Gasteiger partial charge in [-0.25, -0.2) is 8.78 Å². The molecule has 0 bridgehead atoms. The van der Waals surface area contributed by atoms with E-state index in [1.54, 1.807) is 0 Å². The fourth-order valence-electron chi connectivity index (χ4n) is 2.37. The first-order chi connectivity index (χ1) is 10.5. The molecule has 0 aromatic carbocycles. The quantitative estimate of drug-likeness (QED) is 0.306. The summed E-state index contributed by atoms with van der Waals surface area (Å²) in [5, 5.41) is 39.4. The van der Waals surface area contributed by atoms with E-state index in [1.165, 1.54) is 0 Å². The normalized spacial score (nSPS) is 33.1. The molecule has 0 unspecified atom stereocenters. The number of ether oxygens (including phenoxy) is 1. The molecule has 1 heterocycles. The summed E-state index contributed by atoms with van der Waals surface area (Å²) >= 11 is 0. The van der Waals surface area contributed by atoms with Gasteiger partial charge in [0.2, 0.25) is 5.91 Å². The van der Waals surface area contributed by atoms with Crippen LogP contribution in [0.4, 0.5) is 8.78 Å². The third-order valence-electron chi connectivity index (χ3n) is 3.52. The van der Waals surface area contributed by atoms with Gasteiger partial charge in [-0.15, -0.1) is 0 Å². The Balaban J connectivity index is 3.08. The summed E-state index contributed by atoms with van der Waals surface area (Å²) in [6.45, 7) is 0.151. The van der Waals surface area contributed by atoms with Gasteiger partial charge in [0.1, 0.15) is 30.5 Å². The molecule has 134 valence electrons. The molecule has 0 aromatic heterocycles. The Morgan fingerprint density at radius 2 is 1.91 bits per heavy atom. The zero-order chi connectivity index (χ0) is 17.9. The number of aliphatic hydroxyl groups excluding tert-OH is 3. The topological polar surface area (TPSA) is 162 Å². The number of alkyl halides is 2. The highest BCUT2D eigenvalue weighted by atomic mass is 19.3. The standard InChI is InChI=1S/C12H20F2N2O7/c1-4(18)16-7-9(20)8(19)6(3-17)23-10(7)12(13,14)2-5(15)11(21)22/h5-10,17,19-20H,2-3,15H2,1H3,(H,16,18)(H,21,22)/t5-,6-,7-,8+,9-,10+/m1/s1. The Kier molecular flexibility index (Phi) is 6.36. The lowest BCUT2D eigenvalue weighted by molar-refractivity contribution is -0.253. The number of carbonyl (C=O) groups excluding carboxylic acids is 1. The lowest BCUT2D eigenvalue weighted by Crippen LogP contribution is -2.68. The SMILES string of the molecule is CC(=O)N[C@@H]1[C@@H](O)[C@@H](O)[C@@H](CO)O[C@@H]1C(F)(F)C[C@@H](N)C(=O)O. The van der Waals surface area contributed by atoms with Crippen molar-refractivity contribution in [2.24, 2.45) is 5.73 Å². The zero-order valence-corrected chi connectivity index (χ0v) is 12.2. The first-order valence-electron chi connectivity index (χ1n) is 6.77. The van der Waals surface area contributed by atoms with E-state index in [4.69, 9.17) is 20.7 Å². The van der Waals surface area contributed by atoms with Crippen LogP contribution in [0.3, 0.4) is 0 Å². The number of hydrogen-bond acceptors (Lipinski definition) is 7. The smallest absolute Gasteiger partial charge is 0.320 e. The van der Waals surface area contributed by atoms with Crippen molar-refractivity contribution in [1.29, 1.82) is 0 Å². The molecule has 1 fully saturated rings. The Labute approximate surface area is 130 Å². The molecule has 0 aromatic rings. The minimum Gasteiger partial charge on any atom is -0.480 e. The van der Waals surface area contributed by atoms with Crippen molar-refractivity contribution >= 4 is 11.9 Å². The summed E-state index contributed by atoms with van der Waals surface area (Å²) < 4.78 is 33.6. The van der Waals surface area contributed by atoms with Crippen LogP contribution >= 0.6 is 0 Å². The fraction of sp³-hybridized carbons (Fsp3) is 0.833. The van der Waals surface area contributed by atoms with Crippen LogP contribution in [0.5, 0.6) is 0 Å². The number of hydrogen-bond donors (Lipinski definition) is 6. The number of halogens is 2. The summed E-state index contributed by atoms with van der Waals surface area (Å²) in [6.07, 6.45) is -8.57. The number of nitrogens with two attached hydrogens (primary N) is 1. The number of aliphatic carboxylic acids is 1. The van der Waals surface area contributed by atoms with Crippen LogP contribution in [-0.2, 0) is 14.3 Å². The summed E-state index contributed by atoms with van der Waals surface area (Å²) in [7, 11) is 0. The second-order valence-electron chi connectivity index (χ2n) is 5.40. The number of aliphatic hydroxyl groups is 3. The molecule has 0 aliphatic carbocycles. The van der Waals surface area contributed by atoms with E-state index >= 15 is 0 Å². The van der Waals surface area contributed by atoms with E-state index in [1.807, 2.05) is 5.32 Å². The van der Waals surface area contributed by atoms with Gasteiger partial charge in [0.25, 0.3) is 5.92 Å². The maximum atomic E-state index is 14.3. The number of rotatable bonds is 6. The van der Waals surface area contributed by atoms with Crippen LogP contribution in [0.25, 0.3) is 0 Å². The molecule has 9 nitrogen and oxygen atoms in total. The van der Waals surface area contributed by atoms with Crippen LogP contribution in [0.15, 0.2) is 0 Å². The maximum Gasteiger partial charge on any atom is 0.320 e. The van der Waals surface area contributed by atoms with Crippen LogP contribution in [0, 0.1) is 0 Å².